The highest BCUT2D eigenvalue weighted by Gasteiger charge is 2.17. The van der Waals surface area contributed by atoms with Crippen molar-refractivity contribution in [2.24, 2.45) is 0 Å². The molecule has 0 aliphatic carbocycles. The molecular formula is C12H24N2O2. The molecule has 94 valence electrons. The molecule has 0 spiro atoms. The van der Waals surface area contributed by atoms with Crippen LogP contribution in [0.4, 0.5) is 0 Å². The summed E-state index contributed by atoms with van der Waals surface area (Å²) < 4.78 is 0. The number of rotatable bonds is 4. The second kappa shape index (κ2) is 5.87. The highest BCUT2D eigenvalue weighted by Crippen LogP contribution is 2.03. The second-order valence-corrected chi connectivity index (χ2v) is 5.35. The molecule has 0 heterocycles. The van der Waals surface area contributed by atoms with Gasteiger partial charge in [0.1, 0.15) is 0 Å². The summed E-state index contributed by atoms with van der Waals surface area (Å²) in [5.41, 5.74) is -0.212. The van der Waals surface area contributed by atoms with E-state index in [4.69, 9.17) is 0 Å². The van der Waals surface area contributed by atoms with E-state index in [2.05, 4.69) is 5.32 Å². The van der Waals surface area contributed by atoms with Gasteiger partial charge in [0, 0.05) is 31.5 Å². The Morgan fingerprint density at radius 3 is 2.06 bits per heavy atom. The molecule has 0 saturated heterocycles. The fourth-order valence-electron chi connectivity index (χ4n) is 1.48. The van der Waals surface area contributed by atoms with Crippen LogP contribution in [0, 0.1) is 0 Å². The van der Waals surface area contributed by atoms with E-state index in [0.717, 1.165) is 0 Å². The van der Waals surface area contributed by atoms with Crippen LogP contribution >= 0.6 is 0 Å². The molecule has 0 aromatic rings. The van der Waals surface area contributed by atoms with Crippen molar-refractivity contribution in [2.75, 3.05) is 6.54 Å². The first-order valence-electron chi connectivity index (χ1n) is 5.71. The normalized spacial score (nSPS) is 11.4. The Labute approximate surface area is 98.4 Å². The monoisotopic (exact) mass is 228 g/mol. The lowest BCUT2D eigenvalue weighted by molar-refractivity contribution is -0.131. The molecule has 0 radical (unpaired) electrons. The summed E-state index contributed by atoms with van der Waals surface area (Å²) in [4.78, 5) is 24.5. The number of nitrogens with one attached hydrogen (secondary N) is 1. The van der Waals surface area contributed by atoms with Crippen LogP contribution in [0.2, 0.25) is 0 Å². The van der Waals surface area contributed by atoms with Gasteiger partial charge in [-0.1, -0.05) is 0 Å². The first-order chi connectivity index (χ1) is 7.13. The maximum absolute atomic E-state index is 11.6. The number of amides is 2. The van der Waals surface area contributed by atoms with Gasteiger partial charge in [0.05, 0.1) is 0 Å². The second-order valence-electron chi connectivity index (χ2n) is 5.35. The van der Waals surface area contributed by atoms with Gasteiger partial charge < -0.3 is 10.2 Å². The lowest BCUT2D eigenvalue weighted by Crippen LogP contribution is -2.43. The summed E-state index contributed by atoms with van der Waals surface area (Å²) in [5, 5.41) is 2.88. The highest BCUT2D eigenvalue weighted by molar-refractivity contribution is 5.78. The molecule has 2 amide bonds. The van der Waals surface area contributed by atoms with Gasteiger partial charge in [-0.05, 0) is 34.6 Å². The number of hydrogen-bond acceptors (Lipinski definition) is 2. The molecule has 16 heavy (non-hydrogen) atoms. The minimum absolute atomic E-state index is 0.0126. The van der Waals surface area contributed by atoms with Crippen molar-refractivity contribution < 1.29 is 9.59 Å². The zero-order chi connectivity index (χ0) is 12.9. The summed E-state index contributed by atoms with van der Waals surface area (Å²) >= 11 is 0. The molecule has 4 heteroatoms. The Balaban J connectivity index is 4.12. The van der Waals surface area contributed by atoms with E-state index in [1.807, 2.05) is 34.6 Å². The predicted octanol–water partition coefficient (Wildman–Crippen LogP) is 1.55. The van der Waals surface area contributed by atoms with E-state index in [0.29, 0.717) is 13.0 Å². The number of carbonyl (C=O) groups excluding carboxylic acids is 2. The zero-order valence-electron chi connectivity index (χ0n) is 11.3. The van der Waals surface area contributed by atoms with Crippen LogP contribution in [0.15, 0.2) is 0 Å². The number of nitrogens with zero attached hydrogens (tertiary/aromatic N) is 1. The first kappa shape index (κ1) is 14.9. The van der Waals surface area contributed by atoms with Gasteiger partial charge in [-0.2, -0.15) is 0 Å². The minimum Gasteiger partial charge on any atom is -0.351 e. The third kappa shape index (κ3) is 6.43. The van der Waals surface area contributed by atoms with Gasteiger partial charge in [0.25, 0.3) is 0 Å². The lowest BCUT2D eigenvalue weighted by atomic mass is 10.1. The van der Waals surface area contributed by atoms with Crippen LogP contribution in [0.5, 0.6) is 0 Å². The summed E-state index contributed by atoms with van der Waals surface area (Å²) in [5.74, 6) is -0.00189. The van der Waals surface area contributed by atoms with Crippen molar-refractivity contribution in [1.82, 2.24) is 10.2 Å². The molecule has 0 aromatic carbocycles. The van der Waals surface area contributed by atoms with Gasteiger partial charge in [-0.15, -0.1) is 0 Å². The lowest BCUT2D eigenvalue weighted by Gasteiger charge is -2.26. The average molecular weight is 228 g/mol. The number of hydrogen-bond donors (Lipinski definition) is 1. The smallest absolute Gasteiger partial charge is 0.222 e. The van der Waals surface area contributed by atoms with E-state index in [1.54, 1.807) is 4.90 Å². The third-order valence-corrected chi connectivity index (χ3v) is 2.12. The first-order valence-corrected chi connectivity index (χ1v) is 5.71. The molecule has 0 atom stereocenters. The Hall–Kier alpha value is -1.06. The molecule has 0 aliphatic rings. The van der Waals surface area contributed by atoms with Crippen LogP contribution in [-0.4, -0.2) is 34.8 Å². The standard InChI is InChI=1S/C12H24N2O2/c1-9(2)14(10(3)15)8-7-11(16)13-12(4,5)6/h9H,7-8H2,1-6H3,(H,13,16). The van der Waals surface area contributed by atoms with Gasteiger partial charge in [0.2, 0.25) is 11.8 Å². The third-order valence-electron chi connectivity index (χ3n) is 2.12. The van der Waals surface area contributed by atoms with Crippen LogP contribution in [0.1, 0.15) is 48.0 Å². The highest BCUT2D eigenvalue weighted by atomic mass is 16.2. The van der Waals surface area contributed by atoms with Gasteiger partial charge in [0.15, 0.2) is 0 Å². The molecule has 1 N–H and O–H groups in total. The summed E-state index contributed by atoms with van der Waals surface area (Å²) in [6.07, 6.45) is 0.356. The maximum atomic E-state index is 11.6. The van der Waals surface area contributed by atoms with E-state index in [1.165, 1.54) is 6.92 Å². The largest absolute Gasteiger partial charge is 0.351 e. The molecule has 0 bridgehead atoms. The summed E-state index contributed by atoms with van der Waals surface area (Å²) in [6, 6.07) is 0.139. The van der Waals surface area contributed by atoms with Crippen molar-refractivity contribution in [3.8, 4) is 0 Å². The minimum atomic E-state index is -0.212. The zero-order valence-corrected chi connectivity index (χ0v) is 11.3. The molecule has 0 fully saturated rings. The molecule has 0 aromatic heterocycles. The van der Waals surface area contributed by atoms with E-state index >= 15 is 0 Å². The van der Waals surface area contributed by atoms with E-state index in [9.17, 15) is 9.59 Å². The van der Waals surface area contributed by atoms with Crippen molar-refractivity contribution in [2.45, 2.75) is 59.5 Å². The van der Waals surface area contributed by atoms with Gasteiger partial charge in [-0.25, -0.2) is 0 Å². The van der Waals surface area contributed by atoms with E-state index < -0.39 is 0 Å². The van der Waals surface area contributed by atoms with Crippen LogP contribution in [-0.2, 0) is 9.59 Å². The van der Waals surface area contributed by atoms with Crippen molar-refractivity contribution in [3.05, 3.63) is 0 Å². The topological polar surface area (TPSA) is 49.4 Å². The SMILES string of the molecule is CC(=O)N(CCC(=O)NC(C)(C)C)C(C)C. The maximum Gasteiger partial charge on any atom is 0.222 e. The number of carbonyl (C=O) groups is 2. The molecule has 0 aliphatic heterocycles. The molecular weight excluding hydrogens is 204 g/mol. The Bertz CT molecular complexity index is 254. The molecule has 0 saturated carbocycles. The Morgan fingerprint density at radius 1 is 1.25 bits per heavy atom. The van der Waals surface area contributed by atoms with Gasteiger partial charge >= 0.3 is 0 Å². The van der Waals surface area contributed by atoms with Crippen molar-refractivity contribution >= 4 is 11.8 Å². The van der Waals surface area contributed by atoms with Crippen molar-refractivity contribution in [1.29, 1.82) is 0 Å². The summed E-state index contributed by atoms with van der Waals surface area (Å²) in [6.45, 7) is 11.7. The molecule has 0 unspecified atom stereocenters. The van der Waals surface area contributed by atoms with Crippen LogP contribution in [0.25, 0.3) is 0 Å². The predicted molar refractivity (Wildman–Crippen MR) is 65.0 cm³/mol. The molecule has 4 nitrogen and oxygen atoms in total. The fourth-order valence-corrected chi connectivity index (χ4v) is 1.48. The Kier molecular flexibility index (Phi) is 5.48. The van der Waals surface area contributed by atoms with Crippen molar-refractivity contribution in [3.63, 3.8) is 0 Å². The molecule has 0 rings (SSSR count). The fraction of sp³-hybridized carbons (Fsp3) is 0.833. The van der Waals surface area contributed by atoms with E-state index in [-0.39, 0.29) is 23.4 Å². The Morgan fingerprint density at radius 2 is 1.75 bits per heavy atom. The summed E-state index contributed by atoms with van der Waals surface area (Å²) in [7, 11) is 0. The van der Waals surface area contributed by atoms with Crippen LogP contribution < -0.4 is 5.32 Å². The quantitative estimate of drug-likeness (QED) is 0.793. The van der Waals surface area contributed by atoms with Crippen LogP contribution in [0.3, 0.4) is 0 Å². The average Bonchev–Trinajstić information content (AvgIpc) is 1.98. The van der Waals surface area contributed by atoms with Gasteiger partial charge in [-0.3, -0.25) is 9.59 Å².